The first-order chi connectivity index (χ1) is 7.18. The van der Waals surface area contributed by atoms with Gasteiger partial charge in [0.05, 0.1) is 0 Å². The van der Waals surface area contributed by atoms with Crippen molar-refractivity contribution in [2.45, 2.75) is 13.0 Å². The molecule has 1 atom stereocenters. The average molecular weight is 205 g/mol. The normalized spacial score (nSPS) is 17.7. The van der Waals surface area contributed by atoms with Gasteiger partial charge in [0.2, 0.25) is 0 Å². The lowest BCUT2D eigenvalue weighted by molar-refractivity contribution is 0.252. The summed E-state index contributed by atoms with van der Waals surface area (Å²) in [5.41, 5.74) is 7.76. The van der Waals surface area contributed by atoms with Crippen LogP contribution < -0.4 is 16.0 Å². The van der Waals surface area contributed by atoms with Crippen molar-refractivity contribution >= 4 is 11.7 Å². The predicted octanol–water partition coefficient (Wildman–Crippen LogP) is 1.24. The second kappa shape index (κ2) is 3.90. The zero-order valence-corrected chi connectivity index (χ0v) is 8.73. The van der Waals surface area contributed by atoms with Crippen LogP contribution in [0.5, 0.6) is 0 Å². The lowest BCUT2D eigenvalue weighted by Crippen LogP contribution is -2.27. The summed E-state index contributed by atoms with van der Waals surface area (Å²) in [5, 5.41) is 2.77. The van der Waals surface area contributed by atoms with Crippen molar-refractivity contribution in [2.24, 2.45) is 5.73 Å². The molecule has 1 aromatic rings. The molecule has 4 nitrogen and oxygen atoms in total. The Kier molecular flexibility index (Phi) is 2.60. The molecule has 0 spiro atoms. The Balaban J connectivity index is 2.28. The molecule has 1 aliphatic heterocycles. The summed E-state index contributed by atoms with van der Waals surface area (Å²) in [6.07, 6.45) is 0. The smallest absolute Gasteiger partial charge is 0.321 e. The van der Waals surface area contributed by atoms with E-state index in [1.54, 1.807) is 4.90 Å². The number of anilines is 1. The molecule has 4 heteroatoms. The average Bonchev–Trinajstić information content (AvgIpc) is 2.64. The lowest BCUT2D eigenvalue weighted by atomic mass is 10.1. The number of benzene rings is 1. The summed E-state index contributed by atoms with van der Waals surface area (Å²) in [7, 11) is 0. The number of carbonyl (C=O) groups excluding carboxylic acids is 1. The van der Waals surface area contributed by atoms with E-state index in [0.29, 0.717) is 6.54 Å². The fourth-order valence-electron chi connectivity index (χ4n) is 1.69. The van der Waals surface area contributed by atoms with Crippen LogP contribution in [0.15, 0.2) is 24.3 Å². The van der Waals surface area contributed by atoms with Gasteiger partial charge in [-0.05, 0) is 24.6 Å². The van der Waals surface area contributed by atoms with Gasteiger partial charge in [0, 0.05) is 24.8 Å². The number of amides is 2. The van der Waals surface area contributed by atoms with Crippen molar-refractivity contribution in [1.29, 1.82) is 0 Å². The molecule has 0 bridgehead atoms. The van der Waals surface area contributed by atoms with Gasteiger partial charge in [-0.25, -0.2) is 4.79 Å². The van der Waals surface area contributed by atoms with E-state index in [1.165, 1.54) is 0 Å². The van der Waals surface area contributed by atoms with Crippen LogP contribution in [0.2, 0.25) is 0 Å². The molecule has 1 aliphatic rings. The predicted molar refractivity (Wildman–Crippen MR) is 59.8 cm³/mol. The minimum atomic E-state index is -0.0307. The number of hydrogen-bond acceptors (Lipinski definition) is 2. The Hall–Kier alpha value is -1.55. The first-order valence-corrected chi connectivity index (χ1v) is 5.09. The number of carbonyl (C=O) groups is 1. The highest BCUT2D eigenvalue weighted by atomic mass is 16.2. The van der Waals surface area contributed by atoms with Crippen LogP contribution in [0.1, 0.15) is 18.5 Å². The topological polar surface area (TPSA) is 58.4 Å². The summed E-state index contributed by atoms with van der Waals surface area (Å²) in [6, 6.07) is 7.76. The maximum Gasteiger partial charge on any atom is 0.321 e. The van der Waals surface area contributed by atoms with Crippen LogP contribution >= 0.6 is 0 Å². The Morgan fingerprint density at radius 2 is 2.33 bits per heavy atom. The fraction of sp³-hybridized carbons (Fsp3) is 0.364. The highest BCUT2D eigenvalue weighted by molar-refractivity contribution is 5.94. The summed E-state index contributed by atoms with van der Waals surface area (Å²) in [5.74, 6) is 0. The second-order valence-electron chi connectivity index (χ2n) is 3.77. The molecule has 15 heavy (non-hydrogen) atoms. The number of rotatable bonds is 2. The Bertz CT molecular complexity index is 376. The molecule has 2 amide bonds. The van der Waals surface area contributed by atoms with Crippen molar-refractivity contribution < 1.29 is 4.79 Å². The first kappa shape index (κ1) is 9.98. The van der Waals surface area contributed by atoms with E-state index in [0.717, 1.165) is 17.8 Å². The van der Waals surface area contributed by atoms with Gasteiger partial charge in [-0.3, -0.25) is 4.90 Å². The maximum atomic E-state index is 11.4. The third kappa shape index (κ3) is 1.94. The Labute approximate surface area is 89.1 Å². The Morgan fingerprint density at radius 1 is 1.53 bits per heavy atom. The number of nitrogens with one attached hydrogen (secondary N) is 1. The van der Waals surface area contributed by atoms with Gasteiger partial charge in [0.15, 0.2) is 0 Å². The van der Waals surface area contributed by atoms with Crippen molar-refractivity contribution in [3.05, 3.63) is 29.8 Å². The molecule has 1 unspecified atom stereocenters. The van der Waals surface area contributed by atoms with Crippen LogP contribution in [0, 0.1) is 0 Å². The van der Waals surface area contributed by atoms with E-state index in [1.807, 2.05) is 31.2 Å². The summed E-state index contributed by atoms with van der Waals surface area (Å²) in [6.45, 7) is 3.37. The number of nitrogens with two attached hydrogens (primary N) is 1. The SMILES string of the molecule is CC(N)c1cccc(N2CCNC2=O)c1. The molecule has 1 aromatic carbocycles. The highest BCUT2D eigenvalue weighted by Crippen LogP contribution is 2.20. The minimum absolute atomic E-state index is 0.00406. The van der Waals surface area contributed by atoms with Crippen LogP contribution in [0.3, 0.4) is 0 Å². The molecular weight excluding hydrogens is 190 g/mol. The van der Waals surface area contributed by atoms with E-state index < -0.39 is 0 Å². The van der Waals surface area contributed by atoms with Gasteiger partial charge in [0.25, 0.3) is 0 Å². The number of urea groups is 1. The van der Waals surface area contributed by atoms with Gasteiger partial charge >= 0.3 is 6.03 Å². The van der Waals surface area contributed by atoms with E-state index in [-0.39, 0.29) is 12.1 Å². The largest absolute Gasteiger partial charge is 0.336 e. The monoisotopic (exact) mass is 205 g/mol. The molecule has 0 aromatic heterocycles. The molecular formula is C11H15N3O. The van der Waals surface area contributed by atoms with Gasteiger partial charge in [-0.2, -0.15) is 0 Å². The third-order valence-electron chi connectivity index (χ3n) is 2.56. The summed E-state index contributed by atoms with van der Waals surface area (Å²) < 4.78 is 0. The third-order valence-corrected chi connectivity index (χ3v) is 2.56. The van der Waals surface area contributed by atoms with E-state index in [9.17, 15) is 4.79 Å². The minimum Gasteiger partial charge on any atom is -0.336 e. The molecule has 3 N–H and O–H groups in total. The van der Waals surface area contributed by atoms with Gasteiger partial charge in [0.1, 0.15) is 0 Å². The van der Waals surface area contributed by atoms with Crippen molar-refractivity contribution in [3.8, 4) is 0 Å². The molecule has 0 saturated carbocycles. The highest BCUT2D eigenvalue weighted by Gasteiger charge is 2.21. The molecule has 0 aliphatic carbocycles. The van der Waals surface area contributed by atoms with Gasteiger partial charge in [-0.15, -0.1) is 0 Å². The molecule has 1 saturated heterocycles. The van der Waals surface area contributed by atoms with Crippen molar-refractivity contribution in [1.82, 2.24) is 5.32 Å². The molecule has 1 fully saturated rings. The van der Waals surface area contributed by atoms with Gasteiger partial charge < -0.3 is 11.1 Å². The van der Waals surface area contributed by atoms with E-state index >= 15 is 0 Å². The van der Waals surface area contributed by atoms with Crippen LogP contribution in [0.4, 0.5) is 10.5 Å². The zero-order valence-electron chi connectivity index (χ0n) is 8.73. The van der Waals surface area contributed by atoms with Crippen LogP contribution in [-0.2, 0) is 0 Å². The molecule has 80 valence electrons. The molecule has 2 rings (SSSR count). The van der Waals surface area contributed by atoms with Crippen LogP contribution in [0.25, 0.3) is 0 Å². The van der Waals surface area contributed by atoms with Crippen molar-refractivity contribution in [2.75, 3.05) is 18.0 Å². The van der Waals surface area contributed by atoms with Crippen LogP contribution in [-0.4, -0.2) is 19.1 Å². The number of hydrogen-bond donors (Lipinski definition) is 2. The molecule has 0 radical (unpaired) electrons. The van der Waals surface area contributed by atoms with Crippen molar-refractivity contribution in [3.63, 3.8) is 0 Å². The first-order valence-electron chi connectivity index (χ1n) is 5.09. The standard InChI is InChI=1S/C11H15N3O/c1-8(12)9-3-2-4-10(7-9)14-6-5-13-11(14)15/h2-4,7-8H,5-6,12H2,1H3,(H,13,15). The fourth-order valence-corrected chi connectivity index (χ4v) is 1.69. The van der Waals surface area contributed by atoms with E-state index in [4.69, 9.17) is 5.73 Å². The molecule has 1 heterocycles. The quantitative estimate of drug-likeness (QED) is 0.763. The summed E-state index contributed by atoms with van der Waals surface area (Å²) >= 11 is 0. The summed E-state index contributed by atoms with van der Waals surface area (Å²) in [4.78, 5) is 13.2. The zero-order chi connectivity index (χ0) is 10.8. The number of nitrogens with zero attached hydrogens (tertiary/aromatic N) is 1. The van der Waals surface area contributed by atoms with E-state index in [2.05, 4.69) is 5.32 Å². The maximum absolute atomic E-state index is 11.4. The second-order valence-corrected chi connectivity index (χ2v) is 3.77. The van der Waals surface area contributed by atoms with Gasteiger partial charge in [-0.1, -0.05) is 12.1 Å². The Morgan fingerprint density at radius 3 is 2.93 bits per heavy atom. The lowest BCUT2D eigenvalue weighted by Gasteiger charge is -2.16.